The third kappa shape index (κ3) is 2.63. The number of hydrogen-bond acceptors (Lipinski definition) is 1. The molecule has 0 fully saturated rings. The Morgan fingerprint density at radius 3 is 2.47 bits per heavy atom. The van der Waals surface area contributed by atoms with Crippen LogP contribution in [0.25, 0.3) is 0 Å². The summed E-state index contributed by atoms with van der Waals surface area (Å²) in [6.07, 6.45) is -4.53. The van der Waals surface area contributed by atoms with Crippen molar-refractivity contribution < 1.29 is 13.2 Å². The lowest BCUT2D eigenvalue weighted by Gasteiger charge is -2.11. The zero-order valence-corrected chi connectivity index (χ0v) is 8.58. The highest BCUT2D eigenvalue weighted by molar-refractivity contribution is 6.31. The van der Waals surface area contributed by atoms with Crippen LogP contribution in [-0.4, -0.2) is 0 Å². The first kappa shape index (κ1) is 11.9. The lowest BCUT2D eigenvalue weighted by atomic mass is 10.0. The predicted octanol–water partition coefficient (Wildman–Crippen LogP) is 3.73. The quantitative estimate of drug-likeness (QED) is 0.725. The number of aryl methyl sites for hydroxylation is 1. The molecule has 1 aromatic rings. The highest BCUT2D eigenvalue weighted by atomic mass is 35.5. The van der Waals surface area contributed by atoms with Gasteiger partial charge in [-0.15, -0.1) is 0 Å². The van der Waals surface area contributed by atoms with Crippen LogP contribution in [0.2, 0.25) is 5.02 Å². The smallest absolute Gasteiger partial charge is 0.198 e. The van der Waals surface area contributed by atoms with E-state index in [4.69, 9.17) is 16.9 Å². The molecular formula is C10H7ClF3N. The Hall–Kier alpha value is -1.21. The van der Waals surface area contributed by atoms with Gasteiger partial charge in [-0.25, -0.2) is 0 Å². The van der Waals surface area contributed by atoms with Gasteiger partial charge in [-0.05, 0) is 30.2 Å². The Bertz CT molecular complexity index is 418. The summed E-state index contributed by atoms with van der Waals surface area (Å²) in [5, 5.41) is 8.11. The minimum Gasteiger partial charge on any atom is -0.198 e. The maximum atomic E-state index is 12.4. The summed E-state index contributed by atoms with van der Waals surface area (Å²) in [5.74, 6) is 0. The number of alkyl halides is 3. The van der Waals surface area contributed by atoms with Gasteiger partial charge in [-0.2, -0.15) is 18.4 Å². The van der Waals surface area contributed by atoms with Crippen LogP contribution >= 0.6 is 11.6 Å². The van der Waals surface area contributed by atoms with Gasteiger partial charge in [0.15, 0.2) is 0 Å². The highest BCUT2D eigenvalue weighted by Gasteiger charge is 2.33. The van der Waals surface area contributed by atoms with E-state index < -0.39 is 11.7 Å². The summed E-state index contributed by atoms with van der Waals surface area (Å²) in [4.78, 5) is 0. The van der Waals surface area contributed by atoms with Crippen molar-refractivity contribution in [2.24, 2.45) is 0 Å². The first-order valence-corrected chi connectivity index (χ1v) is 4.47. The topological polar surface area (TPSA) is 23.8 Å². The first-order chi connectivity index (χ1) is 6.86. The van der Waals surface area contributed by atoms with Crippen molar-refractivity contribution in [3.63, 3.8) is 0 Å². The summed E-state index contributed by atoms with van der Waals surface area (Å²) < 4.78 is 37.3. The molecule has 1 aromatic carbocycles. The predicted molar refractivity (Wildman–Crippen MR) is 50.5 cm³/mol. The van der Waals surface area contributed by atoms with E-state index in [1.807, 2.05) is 6.07 Å². The molecule has 15 heavy (non-hydrogen) atoms. The molecule has 80 valence electrons. The standard InChI is InChI=1S/C10H7ClF3N/c1-6-4-9(11)8(10(12,13)14)5-7(6)2-3-15/h4-5H,2H2,1H3. The minimum atomic E-state index is -4.48. The maximum Gasteiger partial charge on any atom is 0.417 e. The SMILES string of the molecule is Cc1cc(Cl)c(C(F)(F)F)cc1CC#N. The molecule has 0 atom stereocenters. The monoisotopic (exact) mass is 233 g/mol. The molecule has 0 amide bonds. The molecule has 0 heterocycles. The van der Waals surface area contributed by atoms with Gasteiger partial charge in [0.1, 0.15) is 0 Å². The van der Waals surface area contributed by atoms with Crippen LogP contribution < -0.4 is 0 Å². The average Bonchev–Trinajstić information content (AvgIpc) is 2.07. The van der Waals surface area contributed by atoms with Gasteiger partial charge in [-0.3, -0.25) is 0 Å². The van der Waals surface area contributed by atoms with Gasteiger partial charge in [-0.1, -0.05) is 11.6 Å². The maximum absolute atomic E-state index is 12.4. The van der Waals surface area contributed by atoms with Gasteiger partial charge in [0.05, 0.1) is 23.1 Å². The molecular weight excluding hydrogens is 227 g/mol. The Morgan fingerprint density at radius 2 is 2.00 bits per heavy atom. The lowest BCUT2D eigenvalue weighted by Crippen LogP contribution is -2.07. The van der Waals surface area contributed by atoms with Gasteiger partial charge in [0, 0.05) is 0 Å². The zero-order chi connectivity index (χ0) is 11.6. The molecule has 0 aromatic heterocycles. The second kappa shape index (κ2) is 4.11. The minimum absolute atomic E-state index is 0.0495. The van der Waals surface area contributed by atoms with Gasteiger partial charge >= 0.3 is 6.18 Å². The Morgan fingerprint density at radius 1 is 1.40 bits per heavy atom. The zero-order valence-electron chi connectivity index (χ0n) is 7.82. The van der Waals surface area contributed by atoms with Crippen LogP contribution in [0.4, 0.5) is 13.2 Å². The van der Waals surface area contributed by atoms with Crippen molar-refractivity contribution in [1.29, 1.82) is 5.26 Å². The Balaban J connectivity index is 3.31. The van der Waals surface area contributed by atoms with Crippen LogP contribution in [0.3, 0.4) is 0 Å². The summed E-state index contributed by atoms with van der Waals surface area (Å²) in [6, 6.07) is 3.98. The van der Waals surface area contributed by atoms with Crippen molar-refractivity contribution in [2.45, 2.75) is 19.5 Å². The molecule has 0 aliphatic rings. The molecule has 0 bridgehead atoms. The Kier molecular flexibility index (Phi) is 3.25. The van der Waals surface area contributed by atoms with E-state index in [2.05, 4.69) is 0 Å². The third-order valence-electron chi connectivity index (χ3n) is 2.00. The van der Waals surface area contributed by atoms with E-state index in [0.717, 1.165) is 6.07 Å². The summed E-state index contributed by atoms with van der Waals surface area (Å²) >= 11 is 5.48. The number of benzene rings is 1. The number of nitrogens with zero attached hydrogens (tertiary/aromatic N) is 1. The molecule has 1 nitrogen and oxygen atoms in total. The van der Waals surface area contributed by atoms with E-state index in [9.17, 15) is 13.2 Å². The number of rotatable bonds is 1. The first-order valence-electron chi connectivity index (χ1n) is 4.09. The number of nitriles is 1. The molecule has 0 aliphatic heterocycles. The van der Waals surface area contributed by atoms with Crippen LogP contribution in [0.15, 0.2) is 12.1 Å². The summed E-state index contributed by atoms with van der Waals surface area (Å²) in [7, 11) is 0. The molecule has 0 N–H and O–H groups in total. The summed E-state index contributed by atoms with van der Waals surface area (Å²) in [5.41, 5.74) is 0.0591. The second-order valence-electron chi connectivity index (χ2n) is 3.09. The van der Waals surface area contributed by atoms with Gasteiger partial charge in [0.25, 0.3) is 0 Å². The fourth-order valence-corrected chi connectivity index (χ4v) is 1.54. The van der Waals surface area contributed by atoms with Crippen molar-refractivity contribution in [3.8, 4) is 6.07 Å². The van der Waals surface area contributed by atoms with Crippen LogP contribution in [0.1, 0.15) is 16.7 Å². The molecule has 0 unspecified atom stereocenters. The van der Waals surface area contributed by atoms with E-state index in [1.165, 1.54) is 6.07 Å². The third-order valence-corrected chi connectivity index (χ3v) is 2.31. The fraction of sp³-hybridized carbons (Fsp3) is 0.300. The second-order valence-corrected chi connectivity index (χ2v) is 3.50. The van der Waals surface area contributed by atoms with Crippen LogP contribution in [0.5, 0.6) is 0 Å². The van der Waals surface area contributed by atoms with E-state index >= 15 is 0 Å². The average molecular weight is 234 g/mol. The molecule has 5 heteroatoms. The van der Waals surface area contributed by atoms with E-state index in [0.29, 0.717) is 11.1 Å². The van der Waals surface area contributed by atoms with Gasteiger partial charge < -0.3 is 0 Å². The van der Waals surface area contributed by atoms with Crippen molar-refractivity contribution in [2.75, 3.05) is 0 Å². The molecule has 0 spiro atoms. The highest BCUT2D eigenvalue weighted by Crippen LogP contribution is 2.36. The fourth-order valence-electron chi connectivity index (χ4n) is 1.21. The van der Waals surface area contributed by atoms with Crippen LogP contribution in [-0.2, 0) is 12.6 Å². The Labute approximate surface area is 90.1 Å². The van der Waals surface area contributed by atoms with E-state index in [1.54, 1.807) is 6.92 Å². The van der Waals surface area contributed by atoms with Crippen molar-refractivity contribution in [1.82, 2.24) is 0 Å². The van der Waals surface area contributed by atoms with Crippen molar-refractivity contribution >= 4 is 11.6 Å². The lowest BCUT2D eigenvalue weighted by molar-refractivity contribution is -0.137. The molecule has 0 saturated carbocycles. The number of hydrogen-bond donors (Lipinski definition) is 0. The molecule has 0 radical (unpaired) electrons. The van der Waals surface area contributed by atoms with Crippen molar-refractivity contribution in [3.05, 3.63) is 33.8 Å². The normalized spacial score (nSPS) is 11.2. The molecule has 0 aliphatic carbocycles. The van der Waals surface area contributed by atoms with Crippen LogP contribution in [0, 0.1) is 18.3 Å². The number of halogens is 4. The summed E-state index contributed by atoms with van der Waals surface area (Å²) in [6.45, 7) is 1.62. The largest absolute Gasteiger partial charge is 0.417 e. The molecule has 0 saturated heterocycles. The molecule has 1 rings (SSSR count). The van der Waals surface area contributed by atoms with E-state index in [-0.39, 0.29) is 11.4 Å². The van der Waals surface area contributed by atoms with Gasteiger partial charge in [0.2, 0.25) is 0 Å².